The van der Waals surface area contributed by atoms with Crippen molar-refractivity contribution in [2.75, 3.05) is 26.6 Å². The molecule has 3 rings (SSSR count). The smallest absolute Gasteiger partial charge is 0.337 e. The normalized spacial score (nSPS) is 13.0. The Morgan fingerprint density at radius 1 is 0.780 bits per heavy atom. The van der Waals surface area contributed by atoms with E-state index in [1.807, 2.05) is 60.7 Å². The third-order valence-corrected chi connectivity index (χ3v) is 7.76. The van der Waals surface area contributed by atoms with Gasteiger partial charge in [0.1, 0.15) is 5.75 Å². The van der Waals surface area contributed by atoms with Crippen LogP contribution in [0.15, 0.2) is 79.4 Å². The number of carbonyl (C=O) groups excluding carboxylic acids is 2. The summed E-state index contributed by atoms with van der Waals surface area (Å²) in [7, 11) is 4.42. The molecule has 0 saturated heterocycles. The molecule has 0 aromatic heterocycles. The number of anilines is 1. The largest absolute Gasteiger partial charge is 0.497 e. The highest BCUT2D eigenvalue weighted by molar-refractivity contribution is 5.90. The zero-order valence-corrected chi connectivity index (χ0v) is 24.9. The minimum atomic E-state index is -0.367. The van der Waals surface area contributed by atoms with Gasteiger partial charge >= 0.3 is 11.9 Å². The van der Waals surface area contributed by atoms with Crippen LogP contribution < -0.4 is 10.1 Å². The minimum absolute atomic E-state index is 0.0202. The highest BCUT2D eigenvalue weighted by Gasteiger charge is 2.29. The summed E-state index contributed by atoms with van der Waals surface area (Å²) in [5.74, 6) is 0.585. The molecule has 218 valence electrons. The Morgan fingerprint density at radius 2 is 1.32 bits per heavy atom. The molecule has 0 fully saturated rings. The van der Waals surface area contributed by atoms with Gasteiger partial charge < -0.3 is 19.5 Å². The number of benzene rings is 3. The Bertz CT molecular complexity index is 1270. The number of nitrogens with one attached hydrogen (secondary N) is 1. The summed E-state index contributed by atoms with van der Waals surface area (Å²) < 4.78 is 15.2. The van der Waals surface area contributed by atoms with Crippen molar-refractivity contribution in [2.45, 2.75) is 52.0 Å². The summed E-state index contributed by atoms with van der Waals surface area (Å²) >= 11 is 0. The standard InChI is InChI=1S/C35H43NO5/c1-7-9-10-25(8-2)23-32(24(3)26-11-15-28(16-12-26)34(37)40-5)33(36-30-19-21-31(39-4)22-20-30)27-13-17-29(18-14-27)35(38)41-6/h11-22,25,32-33,36H,3,7-10,23H2,1-2,4-6H3/t25?,32-,33+/m0/s1. The van der Waals surface area contributed by atoms with E-state index in [0.717, 1.165) is 53.8 Å². The Hall–Kier alpha value is -4.06. The van der Waals surface area contributed by atoms with Crippen LogP contribution in [0.25, 0.3) is 5.57 Å². The van der Waals surface area contributed by atoms with E-state index >= 15 is 0 Å². The first-order valence-electron chi connectivity index (χ1n) is 14.3. The van der Waals surface area contributed by atoms with Crippen LogP contribution in [0, 0.1) is 11.8 Å². The highest BCUT2D eigenvalue weighted by Crippen LogP contribution is 2.41. The predicted octanol–water partition coefficient (Wildman–Crippen LogP) is 8.36. The molecule has 41 heavy (non-hydrogen) atoms. The maximum atomic E-state index is 12.2. The Labute approximate surface area is 244 Å². The Balaban J connectivity index is 2.08. The number of rotatable bonds is 15. The fourth-order valence-corrected chi connectivity index (χ4v) is 5.20. The second-order valence-corrected chi connectivity index (χ2v) is 10.3. The van der Waals surface area contributed by atoms with E-state index in [4.69, 9.17) is 14.2 Å². The maximum Gasteiger partial charge on any atom is 0.337 e. The molecule has 0 aliphatic rings. The van der Waals surface area contributed by atoms with Gasteiger partial charge in [0.05, 0.1) is 38.5 Å². The zero-order valence-electron chi connectivity index (χ0n) is 24.9. The van der Waals surface area contributed by atoms with Crippen LogP contribution in [0.1, 0.15) is 83.8 Å². The molecule has 3 aromatic carbocycles. The molecular formula is C35H43NO5. The summed E-state index contributed by atoms with van der Waals surface area (Å²) in [4.78, 5) is 24.2. The number of ether oxygens (including phenoxy) is 3. The van der Waals surface area contributed by atoms with E-state index in [0.29, 0.717) is 17.0 Å². The molecule has 0 saturated carbocycles. The molecule has 0 aliphatic carbocycles. The molecule has 1 unspecified atom stereocenters. The number of carbonyl (C=O) groups is 2. The van der Waals surface area contributed by atoms with Crippen LogP contribution in [-0.4, -0.2) is 33.3 Å². The average Bonchev–Trinajstić information content (AvgIpc) is 3.03. The third kappa shape index (κ3) is 8.46. The summed E-state index contributed by atoms with van der Waals surface area (Å²) in [6.07, 6.45) is 5.48. The van der Waals surface area contributed by atoms with Crippen molar-refractivity contribution in [3.8, 4) is 5.75 Å². The van der Waals surface area contributed by atoms with Gasteiger partial charge in [-0.2, -0.15) is 0 Å². The van der Waals surface area contributed by atoms with E-state index in [2.05, 4.69) is 25.7 Å². The zero-order chi connectivity index (χ0) is 29.8. The van der Waals surface area contributed by atoms with Gasteiger partial charge in [-0.05, 0) is 77.6 Å². The first-order valence-corrected chi connectivity index (χ1v) is 14.3. The van der Waals surface area contributed by atoms with E-state index in [1.165, 1.54) is 20.6 Å². The summed E-state index contributed by atoms with van der Waals surface area (Å²) in [5, 5.41) is 3.78. The van der Waals surface area contributed by atoms with Crippen LogP contribution in [0.3, 0.4) is 0 Å². The lowest BCUT2D eigenvalue weighted by Crippen LogP contribution is -2.25. The Kier molecular flexibility index (Phi) is 12.0. The SMILES string of the molecule is C=C(c1ccc(C(=O)OC)cc1)[C@H](CC(CC)CCCC)[C@H](Nc1ccc(OC)cc1)c1ccc(C(=O)OC)cc1. The van der Waals surface area contributed by atoms with Crippen LogP contribution in [0.4, 0.5) is 5.69 Å². The Morgan fingerprint density at radius 3 is 1.80 bits per heavy atom. The van der Waals surface area contributed by atoms with E-state index in [1.54, 1.807) is 19.2 Å². The summed E-state index contributed by atoms with van der Waals surface area (Å²) in [6.45, 7) is 9.09. The maximum absolute atomic E-state index is 12.2. The monoisotopic (exact) mass is 557 g/mol. The summed E-state index contributed by atoms with van der Waals surface area (Å²) in [5.41, 5.74) is 4.95. The lowest BCUT2D eigenvalue weighted by atomic mass is 9.76. The first-order chi connectivity index (χ1) is 19.8. The van der Waals surface area contributed by atoms with Crippen molar-refractivity contribution in [3.63, 3.8) is 0 Å². The lowest BCUT2D eigenvalue weighted by molar-refractivity contribution is 0.0592. The molecule has 1 N–H and O–H groups in total. The molecule has 0 bridgehead atoms. The molecule has 0 aliphatic heterocycles. The fraction of sp³-hybridized carbons (Fsp3) is 0.371. The third-order valence-electron chi connectivity index (χ3n) is 7.76. The number of unbranched alkanes of at least 4 members (excludes halogenated alkanes) is 1. The second kappa shape index (κ2) is 15.7. The van der Waals surface area contributed by atoms with Gasteiger partial charge in [-0.1, -0.05) is 70.4 Å². The van der Waals surface area contributed by atoms with Crippen LogP contribution in [-0.2, 0) is 9.47 Å². The quantitative estimate of drug-likeness (QED) is 0.189. The predicted molar refractivity (Wildman–Crippen MR) is 165 cm³/mol. The van der Waals surface area contributed by atoms with Crippen molar-refractivity contribution in [1.82, 2.24) is 0 Å². The molecular weight excluding hydrogens is 514 g/mol. The van der Waals surface area contributed by atoms with Crippen molar-refractivity contribution in [3.05, 3.63) is 102 Å². The fourth-order valence-electron chi connectivity index (χ4n) is 5.20. The molecule has 6 nitrogen and oxygen atoms in total. The first kappa shape index (κ1) is 31.5. The lowest BCUT2D eigenvalue weighted by Gasteiger charge is -2.34. The number of hydrogen-bond acceptors (Lipinski definition) is 6. The molecule has 0 amide bonds. The second-order valence-electron chi connectivity index (χ2n) is 10.3. The number of methoxy groups -OCH3 is 3. The van der Waals surface area contributed by atoms with Gasteiger partial charge in [0, 0.05) is 11.6 Å². The van der Waals surface area contributed by atoms with Gasteiger partial charge in [0.25, 0.3) is 0 Å². The minimum Gasteiger partial charge on any atom is -0.497 e. The molecule has 3 aromatic rings. The van der Waals surface area contributed by atoms with Crippen molar-refractivity contribution in [1.29, 1.82) is 0 Å². The van der Waals surface area contributed by atoms with Crippen LogP contribution in [0.5, 0.6) is 5.75 Å². The van der Waals surface area contributed by atoms with Crippen LogP contribution >= 0.6 is 0 Å². The van der Waals surface area contributed by atoms with Gasteiger partial charge in [0.15, 0.2) is 0 Å². The van der Waals surface area contributed by atoms with Gasteiger partial charge in [-0.3, -0.25) is 0 Å². The molecule has 0 spiro atoms. The highest BCUT2D eigenvalue weighted by atomic mass is 16.5. The van der Waals surface area contributed by atoms with Crippen molar-refractivity contribution in [2.24, 2.45) is 11.8 Å². The summed E-state index contributed by atoms with van der Waals surface area (Å²) in [6, 6.07) is 22.8. The molecule has 3 atom stereocenters. The molecule has 6 heteroatoms. The van der Waals surface area contributed by atoms with Crippen molar-refractivity contribution >= 4 is 23.2 Å². The van der Waals surface area contributed by atoms with E-state index in [-0.39, 0.29) is 23.9 Å². The molecule has 0 heterocycles. The van der Waals surface area contributed by atoms with E-state index in [9.17, 15) is 9.59 Å². The van der Waals surface area contributed by atoms with E-state index < -0.39 is 0 Å². The molecule has 0 radical (unpaired) electrons. The topological polar surface area (TPSA) is 73.9 Å². The van der Waals surface area contributed by atoms with Gasteiger partial charge in [0.2, 0.25) is 0 Å². The van der Waals surface area contributed by atoms with Crippen molar-refractivity contribution < 1.29 is 23.8 Å². The van der Waals surface area contributed by atoms with Gasteiger partial charge in [-0.25, -0.2) is 9.59 Å². The van der Waals surface area contributed by atoms with Gasteiger partial charge in [-0.15, -0.1) is 0 Å². The average molecular weight is 558 g/mol. The number of hydrogen-bond donors (Lipinski definition) is 1. The number of esters is 2. The van der Waals surface area contributed by atoms with Crippen LogP contribution in [0.2, 0.25) is 0 Å².